The first kappa shape index (κ1) is 16.3. The molecule has 2 unspecified atom stereocenters. The standard InChI is InChI=1S/C16H21F4N/c1-10(2)5-12-9-21-4-3-15(12)11-6-13(16(18,19)20)8-14(17)7-11/h6-8,10,12,15,21H,3-5,9H2,1-2H3. The van der Waals surface area contributed by atoms with Crippen molar-refractivity contribution in [2.24, 2.45) is 11.8 Å². The Morgan fingerprint density at radius 3 is 2.57 bits per heavy atom. The summed E-state index contributed by atoms with van der Waals surface area (Å²) in [6, 6.07) is 2.95. The van der Waals surface area contributed by atoms with E-state index < -0.39 is 17.6 Å². The lowest BCUT2D eigenvalue weighted by atomic mass is 9.77. The molecule has 1 aliphatic rings. The minimum atomic E-state index is -4.50. The van der Waals surface area contributed by atoms with Gasteiger partial charge in [-0.25, -0.2) is 4.39 Å². The molecule has 1 heterocycles. The quantitative estimate of drug-likeness (QED) is 0.806. The molecule has 0 amide bonds. The molecule has 5 heteroatoms. The van der Waals surface area contributed by atoms with Gasteiger partial charge in [0, 0.05) is 0 Å². The molecule has 0 spiro atoms. The Labute approximate surface area is 122 Å². The maximum atomic E-state index is 13.6. The summed E-state index contributed by atoms with van der Waals surface area (Å²) < 4.78 is 52.1. The van der Waals surface area contributed by atoms with Crippen LogP contribution in [0.4, 0.5) is 17.6 Å². The van der Waals surface area contributed by atoms with Gasteiger partial charge in [-0.1, -0.05) is 13.8 Å². The van der Waals surface area contributed by atoms with Crippen molar-refractivity contribution in [2.45, 2.75) is 38.8 Å². The van der Waals surface area contributed by atoms with Crippen LogP contribution in [0.15, 0.2) is 18.2 Å². The molecule has 118 valence electrons. The van der Waals surface area contributed by atoms with Crippen molar-refractivity contribution >= 4 is 0 Å². The van der Waals surface area contributed by atoms with Gasteiger partial charge in [0.25, 0.3) is 0 Å². The topological polar surface area (TPSA) is 12.0 Å². The largest absolute Gasteiger partial charge is 0.416 e. The van der Waals surface area contributed by atoms with Crippen molar-refractivity contribution in [2.75, 3.05) is 13.1 Å². The van der Waals surface area contributed by atoms with Gasteiger partial charge in [0.05, 0.1) is 5.56 Å². The highest BCUT2D eigenvalue weighted by Gasteiger charge is 2.33. The third kappa shape index (κ3) is 4.19. The number of hydrogen-bond acceptors (Lipinski definition) is 1. The first-order valence-corrected chi connectivity index (χ1v) is 7.35. The number of piperidine rings is 1. The highest BCUT2D eigenvalue weighted by Crippen LogP contribution is 2.38. The van der Waals surface area contributed by atoms with Crippen molar-refractivity contribution in [3.05, 3.63) is 35.1 Å². The number of benzene rings is 1. The predicted octanol–water partition coefficient (Wildman–Crippen LogP) is 4.58. The molecule has 1 N–H and O–H groups in total. The second-order valence-electron chi connectivity index (χ2n) is 6.26. The summed E-state index contributed by atoms with van der Waals surface area (Å²) in [5.41, 5.74) is -0.409. The lowest BCUT2D eigenvalue weighted by Crippen LogP contribution is -2.36. The summed E-state index contributed by atoms with van der Waals surface area (Å²) in [7, 11) is 0. The Kier molecular flexibility index (Phi) is 4.91. The Morgan fingerprint density at radius 2 is 1.95 bits per heavy atom. The van der Waals surface area contributed by atoms with Crippen LogP contribution in [0.5, 0.6) is 0 Å². The number of rotatable bonds is 3. The van der Waals surface area contributed by atoms with E-state index in [0.717, 1.165) is 32.0 Å². The van der Waals surface area contributed by atoms with E-state index in [4.69, 9.17) is 0 Å². The third-order valence-electron chi connectivity index (χ3n) is 4.06. The molecule has 1 aromatic rings. The van der Waals surface area contributed by atoms with E-state index in [0.29, 0.717) is 17.5 Å². The van der Waals surface area contributed by atoms with Crippen LogP contribution in [-0.4, -0.2) is 13.1 Å². The fraction of sp³-hybridized carbons (Fsp3) is 0.625. The smallest absolute Gasteiger partial charge is 0.316 e. The van der Waals surface area contributed by atoms with Gasteiger partial charge >= 0.3 is 6.18 Å². The zero-order valence-corrected chi connectivity index (χ0v) is 12.3. The maximum Gasteiger partial charge on any atom is 0.416 e. The second kappa shape index (κ2) is 6.34. The molecule has 1 aromatic carbocycles. The first-order chi connectivity index (χ1) is 9.77. The Hall–Kier alpha value is -1.10. The molecule has 1 aliphatic heterocycles. The van der Waals surface area contributed by atoms with Crippen molar-refractivity contribution in [1.29, 1.82) is 0 Å². The molecule has 2 rings (SSSR count). The monoisotopic (exact) mass is 303 g/mol. The molecule has 1 saturated heterocycles. The summed E-state index contributed by atoms with van der Waals surface area (Å²) in [5.74, 6) is -0.0956. The van der Waals surface area contributed by atoms with Crippen LogP contribution in [0, 0.1) is 17.7 Å². The molecule has 21 heavy (non-hydrogen) atoms. The summed E-state index contributed by atoms with van der Waals surface area (Å²) in [5, 5.41) is 3.28. The van der Waals surface area contributed by atoms with E-state index in [1.165, 1.54) is 6.07 Å². The van der Waals surface area contributed by atoms with Gasteiger partial charge in [-0.15, -0.1) is 0 Å². The van der Waals surface area contributed by atoms with Crippen LogP contribution < -0.4 is 5.32 Å². The molecule has 0 aromatic heterocycles. The van der Waals surface area contributed by atoms with Gasteiger partial charge in [0.1, 0.15) is 5.82 Å². The zero-order valence-electron chi connectivity index (χ0n) is 12.3. The second-order valence-corrected chi connectivity index (χ2v) is 6.26. The normalized spacial score (nSPS) is 23.6. The maximum absolute atomic E-state index is 13.6. The predicted molar refractivity (Wildman–Crippen MR) is 74.6 cm³/mol. The summed E-state index contributed by atoms with van der Waals surface area (Å²) >= 11 is 0. The number of hydrogen-bond donors (Lipinski definition) is 1. The van der Waals surface area contributed by atoms with Crippen LogP contribution in [0.1, 0.15) is 43.7 Å². The zero-order chi connectivity index (χ0) is 15.6. The summed E-state index contributed by atoms with van der Waals surface area (Å²) in [6.07, 6.45) is -2.83. The minimum Gasteiger partial charge on any atom is -0.316 e. The molecular weight excluding hydrogens is 282 g/mol. The average molecular weight is 303 g/mol. The van der Waals surface area contributed by atoms with E-state index in [9.17, 15) is 17.6 Å². The number of alkyl halides is 3. The van der Waals surface area contributed by atoms with E-state index in [-0.39, 0.29) is 11.8 Å². The molecule has 0 saturated carbocycles. The van der Waals surface area contributed by atoms with Gasteiger partial charge in [-0.2, -0.15) is 13.2 Å². The lowest BCUT2D eigenvalue weighted by molar-refractivity contribution is -0.137. The van der Waals surface area contributed by atoms with Crippen LogP contribution in [0.2, 0.25) is 0 Å². The fourth-order valence-electron chi connectivity index (χ4n) is 3.20. The van der Waals surface area contributed by atoms with Crippen molar-refractivity contribution in [3.63, 3.8) is 0 Å². The SMILES string of the molecule is CC(C)CC1CNCCC1c1cc(F)cc(C(F)(F)F)c1. The number of halogens is 4. The lowest BCUT2D eigenvalue weighted by Gasteiger charge is -2.34. The van der Waals surface area contributed by atoms with Gasteiger partial charge in [0.2, 0.25) is 0 Å². The van der Waals surface area contributed by atoms with E-state index in [1.54, 1.807) is 0 Å². The highest BCUT2D eigenvalue weighted by molar-refractivity contribution is 5.30. The van der Waals surface area contributed by atoms with Gasteiger partial charge in [-0.3, -0.25) is 0 Å². The minimum absolute atomic E-state index is 0.00884. The first-order valence-electron chi connectivity index (χ1n) is 7.35. The molecule has 1 nitrogen and oxygen atoms in total. The van der Waals surface area contributed by atoms with Crippen LogP contribution in [-0.2, 0) is 6.18 Å². The molecule has 0 bridgehead atoms. The van der Waals surface area contributed by atoms with Crippen LogP contribution >= 0.6 is 0 Å². The Morgan fingerprint density at radius 1 is 1.24 bits per heavy atom. The van der Waals surface area contributed by atoms with E-state index in [2.05, 4.69) is 19.2 Å². The fourth-order valence-corrected chi connectivity index (χ4v) is 3.20. The Balaban J connectivity index is 2.32. The molecule has 0 aliphatic carbocycles. The van der Waals surface area contributed by atoms with E-state index in [1.807, 2.05) is 0 Å². The van der Waals surface area contributed by atoms with Crippen LogP contribution in [0.25, 0.3) is 0 Å². The summed E-state index contributed by atoms with van der Waals surface area (Å²) in [4.78, 5) is 0. The highest BCUT2D eigenvalue weighted by atomic mass is 19.4. The van der Waals surface area contributed by atoms with Crippen molar-refractivity contribution in [1.82, 2.24) is 5.32 Å². The van der Waals surface area contributed by atoms with Gasteiger partial charge in [0.15, 0.2) is 0 Å². The van der Waals surface area contributed by atoms with Crippen LogP contribution in [0.3, 0.4) is 0 Å². The van der Waals surface area contributed by atoms with E-state index >= 15 is 0 Å². The number of nitrogens with one attached hydrogen (secondary N) is 1. The van der Waals surface area contributed by atoms with Gasteiger partial charge < -0.3 is 5.32 Å². The third-order valence-corrected chi connectivity index (χ3v) is 4.06. The average Bonchev–Trinajstić information content (AvgIpc) is 2.37. The molecule has 1 fully saturated rings. The van der Waals surface area contributed by atoms with Gasteiger partial charge in [-0.05, 0) is 67.4 Å². The molecular formula is C16H21F4N. The Bertz CT molecular complexity index is 482. The van der Waals surface area contributed by atoms with Crippen molar-refractivity contribution in [3.8, 4) is 0 Å². The molecule has 2 atom stereocenters. The van der Waals surface area contributed by atoms with Crippen molar-refractivity contribution < 1.29 is 17.6 Å². The summed E-state index contributed by atoms with van der Waals surface area (Å²) in [6.45, 7) is 5.73. The molecule has 0 radical (unpaired) electrons.